The Morgan fingerprint density at radius 2 is 1.11 bits per heavy atom. The molecule has 2 aromatic carbocycles. The maximum absolute atomic E-state index is 13.7. The van der Waals surface area contributed by atoms with E-state index >= 15 is 0 Å². The molecular weight excluding hydrogens is 468 g/mol. The van der Waals surface area contributed by atoms with Crippen molar-refractivity contribution < 1.29 is 14.3 Å². The number of carbonyl (C=O) groups is 2. The molecule has 0 bridgehead atoms. The van der Waals surface area contributed by atoms with Gasteiger partial charge in [0.25, 0.3) is 0 Å². The highest BCUT2D eigenvalue weighted by atomic mass is 16.5. The van der Waals surface area contributed by atoms with E-state index in [-0.39, 0.29) is 23.7 Å². The van der Waals surface area contributed by atoms with Crippen LogP contribution in [0.5, 0.6) is 0 Å². The minimum atomic E-state index is -0.468. The van der Waals surface area contributed by atoms with Crippen LogP contribution >= 0.6 is 0 Å². The molecule has 0 radical (unpaired) electrons. The Balaban J connectivity index is 1.55. The fourth-order valence-electron chi connectivity index (χ4n) is 6.86. The zero-order valence-electron chi connectivity index (χ0n) is 24.0. The topological polar surface area (TPSA) is 43.4 Å². The van der Waals surface area contributed by atoms with E-state index in [0.717, 1.165) is 68.4 Å². The van der Waals surface area contributed by atoms with Gasteiger partial charge in [0.05, 0.1) is 5.92 Å². The molecule has 0 amide bonds. The molecule has 2 aromatic rings. The van der Waals surface area contributed by atoms with Gasteiger partial charge in [-0.25, -0.2) is 0 Å². The Bertz CT molecular complexity index is 912. The second-order valence-corrected chi connectivity index (χ2v) is 12.7. The molecule has 206 valence electrons. The van der Waals surface area contributed by atoms with Crippen LogP contribution in [0.2, 0.25) is 0 Å². The first kappa shape index (κ1) is 28.6. The smallest absolute Gasteiger partial charge is 0.309 e. The summed E-state index contributed by atoms with van der Waals surface area (Å²) < 4.78 is 6.43. The molecule has 3 nitrogen and oxygen atoms in total. The minimum absolute atomic E-state index is 0.0466. The highest BCUT2D eigenvalue weighted by molar-refractivity contribution is 5.82. The number of esters is 1. The van der Waals surface area contributed by atoms with Crippen LogP contribution in [0, 0.1) is 35.5 Å². The van der Waals surface area contributed by atoms with Crippen molar-refractivity contribution in [2.24, 2.45) is 35.5 Å². The first-order valence-electron chi connectivity index (χ1n) is 15.2. The van der Waals surface area contributed by atoms with Gasteiger partial charge in [0.15, 0.2) is 0 Å². The van der Waals surface area contributed by atoms with Crippen molar-refractivity contribution in [1.82, 2.24) is 0 Å². The summed E-state index contributed by atoms with van der Waals surface area (Å²) in [6.45, 7) is 9.16. The summed E-state index contributed by atoms with van der Waals surface area (Å²) in [6, 6.07) is 20.3. The number of ketones is 1. The van der Waals surface area contributed by atoms with Gasteiger partial charge in [-0.15, -0.1) is 0 Å². The molecule has 1 unspecified atom stereocenters. The molecule has 0 aromatic heterocycles. The lowest BCUT2D eigenvalue weighted by molar-refractivity contribution is -0.158. The lowest BCUT2D eigenvalue weighted by Crippen LogP contribution is -2.30. The number of ether oxygens (including phenoxy) is 1. The quantitative estimate of drug-likeness (QED) is 0.296. The Labute approximate surface area is 230 Å². The molecule has 2 saturated carbocycles. The number of rotatable bonds is 10. The van der Waals surface area contributed by atoms with E-state index < -0.39 is 6.10 Å². The molecule has 0 saturated heterocycles. The van der Waals surface area contributed by atoms with Crippen molar-refractivity contribution in [3.63, 3.8) is 0 Å². The van der Waals surface area contributed by atoms with Crippen molar-refractivity contribution in [2.45, 2.75) is 97.5 Å². The van der Waals surface area contributed by atoms with Crippen LogP contribution in [0.1, 0.15) is 109 Å². The van der Waals surface area contributed by atoms with Crippen LogP contribution in [0.4, 0.5) is 0 Å². The van der Waals surface area contributed by atoms with E-state index in [9.17, 15) is 9.59 Å². The summed E-state index contributed by atoms with van der Waals surface area (Å²) in [7, 11) is 0. The number of benzene rings is 2. The summed E-state index contributed by atoms with van der Waals surface area (Å²) in [5, 5.41) is 0. The fraction of sp³-hybridized carbons (Fsp3) is 0.600. The van der Waals surface area contributed by atoms with Gasteiger partial charge in [0.2, 0.25) is 0 Å². The molecule has 38 heavy (non-hydrogen) atoms. The molecule has 2 aliphatic rings. The fourth-order valence-corrected chi connectivity index (χ4v) is 6.86. The third-order valence-corrected chi connectivity index (χ3v) is 9.60. The molecule has 2 atom stereocenters. The van der Waals surface area contributed by atoms with E-state index in [0.29, 0.717) is 30.0 Å². The number of hydrogen-bond acceptors (Lipinski definition) is 3. The van der Waals surface area contributed by atoms with Gasteiger partial charge >= 0.3 is 5.97 Å². The molecule has 0 aliphatic heterocycles. The monoisotopic (exact) mass is 516 g/mol. The van der Waals surface area contributed by atoms with E-state index in [1.807, 2.05) is 48.5 Å². The van der Waals surface area contributed by atoms with Crippen LogP contribution in [0.25, 0.3) is 0 Å². The van der Waals surface area contributed by atoms with Crippen LogP contribution in [0.15, 0.2) is 60.7 Å². The van der Waals surface area contributed by atoms with Crippen LogP contribution < -0.4 is 0 Å². The second kappa shape index (κ2) is 13.6. The number of Topliss-reactive ketones (excluding diaryl/α,β-unsaturated/α-hetero) is 1. The normalized spacial score (nSPS) is 25.6. The molecule has 4 rings (SSSR count). The number of hydrogen-bond donors (Lipinski definition) is 0. The Morgan fingerprint density at radius 3 is 1.58 bits per heavy atom. The minimum Gasteiger partial charge on any atom is -0.457 e. The van der Waals surface area contributed by atoms with Gasteiger partial charge in [0.1, 0.15) is 11.9 Å². The predicted octanol–water partition coefficient (Wildman–Crippen LogP) is 8.94. The highest BCUT2D eigenvalue weighted by Crippen LogP contribution is 2.42. The highest BCUT2D eigenvalue weighted by Gasteiger charge is 2.36. The van der Waals surface area contributed by atoms with Crippen LogP contribution in [0.3, 0.4) is 0 Å². The third-order valence-electron chi connectivity index (χ3n) is 9.60. The van der Waals surface area contributed by atoms with Gasteiger partial charge in [-0.05, 0) is 86.2 Å². The maximum Gasteiger partial charge on any atom is 0.309 e. The van der Waals surface area contributed by atoms with Crippen molar-refractivity contribution in [3.8, 4) is 0 Å². The largest absolute Gasteiger partial charge is 0.457 e. The second-order valence-electron chi connectivity index (χ2n) is 12.7. The van der Waals surface area contributed by atoms with Gasteiger partial charge in [-0.2, -0.15) is 0 Å². The molecule has 0 N–H and O–H groups in total. The summed E-state index contributed by atoms with van der Waals surface area (Å²) in [6.07, 6.45) is 8.17. The van der Waals surface area contributed by atoms with Gasteiger partial charge < -0.3 is 4.74 Å². The van der Waals surface area contributed by atoms with Crippen LogP contribution in [-0.2, 0) is 14.3 Å². The zero-order valence-corrected chi connectivity index (χ0v) is 24.0. The summed E-state index contributed by atoms with van der Waals surface area (Å²) in [5.41, 5.74) is 2.05. The van der Waals surface area contributed by atoms with Crippen molar-refractivity contribution in [2.75, 3.05) is 0 Å². The summed E-state index contributed by atoms with van der Waals surface area (Å²) in [5.74, 6) is 2.89. The average molecular weight is 517 g/mol. The van der Waals surface area contributed by atoms with Gasteiger partial charge in [0, 0.05) is 18.3 Å². The maximum atomic E-state index is 13.7. The summed E-state index contributed by atoms with van der Waals surface area (Å²) in [4.78, 5) is 27.3. The van der Waals surface area contributed by atoms with Crippen molar-refractivity contribution >= 4 is 11.8 Å². The third kappa shape index (κ3) is 7.36. The standard InChI is InChI=1S/C35H48O3/c1-24(2)26-15-19-29(20-16-26)33(36)23-32(28-11-7-5-8-12-28)34(30-13-9-6-10-14-30)38-35(37)31-21-17-27(18-22-31)25(3)4/h5-14,24-27,29,31-32,34H,15-23H2,1-4H3/t26?,27?,29?,31?,32-,34?/m1/s1. The van der Waals surface area contributed by atoms with Crippen LogP contribution in [-0.4, -0.2) is 11.8 Å². The molecule has 2 fully saturated rings. The molecular formula is C35H48O3. The molecule has 0 spiro atoms. The first-order valence-corrected chi connectivity index (χ1v) is 15.2. The Kier molecular flexibility index (Phi) is 10.2. The van der Waals surface area contributed by atoms with Gasteiger partial charge in [-0.3, -0.25) is 9.59 Å². The molecule has 0 heterocycles. The van der Waals surface area contributed by atoms with E-state index in [1.165, 1.54) is 0 Å². The Morgan fingerprint density at radius 1 is 0.658 bits per heavy atom. The van der Waals surface area contributed by atoms with E-state index in [4.69, 9.17) is 4.74 Å². The average Bonchev–Trinajstić information content (AvgIpc) is 2.95. The zero-order chi connectivity index (χ0) is 27.1. The number of carbonyl (C=O) groups excluding carboxylic acids is 2. The first-order chi connectivity index (χ1) is 18.3. The van der Waals surface area contributed by atoms with Gasteiger partial charge in [-0.1, -0.05) is 88.4 Å². The van der Waals surface area contributed by atoms with E-state index in [2.05, 4.69) is 39.8 Å². The predicted molar refractivity (Wildman–Crippen MR) is 155 cm³/mol. The lowest BCUT2D eigenvalue weighted by atomic mass is 9.73. The SMILES string of the molecule is CC(C)C1CCC(C(=O)C[C@H](c2ccccc2)C(OC(=O)C2CCC(C(C)C)CC2)c2ccccc2)CC1. The van der Waals surface area contributed by atoms with E-state index in [1.54, 1.807) is 0 Å². The van der Waals surface area contributed by atoms with Crippen molar-refractivity contribution in [1.29, 1.82) is 0 Å². The molecule has 3 heteroatoms. The molecule has 2 aliphatic carbocycles. The van der Waals surface area contributed by atoms with Crippen molar-refractivity contribution in [3.05, 3.63) is 71.8 Å². The Hall–Kier alpha value is -2.42. The summed E-state index contributed by atoms with van der Waals surface area (Å²) >= 11 is 0. The lowest BCUT2D eigenvalue weighted by Gasteiger charge is -2.34.